The highest BCUT2D eigenvalue weighted by molar-refractivity contribution is 6.16. The van der Waals surface area contributed by atoms with Crippen molar-refractivity contribution in [2.24, 2.45) is 0 Å². The van der Waals surface area contributed by atoms with Gasteiger partial charge in [-0.2, -0.15) is 0 Å². The van der Waals surface area contributed by atoms with E-state index in [1.165, 1.54) is 38.5 Å². The molecule has 0 radical (unpaired) electrons. The van der Waals surface area contributed by atoms with Gasteiger partial charge in [0.05, 0.1) is 32.0 Å². The van der Waals surface area contributed by atoms with Crippen LogP contribution in [0.15, 0.2) is 71.8 Å². The number of anilines is 1. The van der Waals surface area contributed by atoms with Gasteiger partial charge in [-0.25, -0.2) is 14.0 Å². The molecule has 5 rings (SSSR count). The number of benzene rings is 2. The number of esters is 2. The maximum Gasteiger partial charge on any atom is 0.336 e. The van der Waals surface area contributed by atoms with E-state index in [2.05, 4.69) is 0 Å². The van der Waals surface area contributed by atoms with Crippen molar-refractivity contribution >= 4 is 23.5 Å². The first kappa shape index (κ1) is 23.9. The monoisotopic (exact) mass is 490 g/mol. The molecule has 186 valence electrons. The highest BCUT2D eigenvalue weighted by Gasteiger charge is 2.67. The molecular formula is C28H27FN2O5. The number of fused-ring (bicyclic) bond motifs is 4. The second-order valence-electron chi connectivity index (χ2n) is 9.28. The highest BCUT2D eigenvalue weighted by atomic mass is 19.1. The second-order valence-corrected chi connectivity index (χ2v) is 9.28. The van der Waals surface area contributed by atoms with E-state index >= 15 is 0 Å². The molecule has 0 saturated carbocycles. The fourth-order valence-corrected chi connectivity index (χ4v) is 6.01. The summed E-state index contributed by atoms with van der Waals surface area (Å²) in [5.41, 5.74) is 0.912. The molecule has 1 amide bonds. The lowest BCUT2D eigenvalue weighted by Crippen LogP contribution is -2.55. The fraction of sp³-hybridized carbons (Fsp3) is 0.321. The lowest BCUT2D eigenvalue weighted by atomic mass is 9.81. The number of hydrogen-bond acceptors (Lipinski definition) is 6. The quantitative estimate of drug-likeness (QED) is 0.471. The van der Waals surface area contributed by atoms with Crippen molar-refractivity contribution in [1.82, 2.24) is 4.90 Å². The Hall–Kier alpha value is -3.78. The molecule has 3 unspecified atom stereocenters. The summed E-state index contributed by atoms with van der Waals surface area (Å²) < 4.78 is 24.7. The van der Waals surface area contributed by atoms with Gasteiger partial charge in [0.1, 0.15) is 5.82 Å². The Morgan fingerprint density at radius 3 is 2.56 bits per heavy atom. The molecule has 3 atom stereocenters. The fourth-order valence-electron chi connectivity index (χ4n) is 6.01. The number of carbonyl (C=O) groups excluding carboxylic acids is 3. The average molecular weight is 491 g/mol. The summed E-state index contributed by atoms with van der Waals surface area (Å²) in [4.78, 5) is 43.6. The highest BCUT2D eigenvalue weighted by Crippen LogP contribution is 2.58. The maximum atomic E-state index is 14.8. The summed E-state index contributed by atoms with van der Waals surface area (Å²) in [7, 11) is 2.52. The number of hydrogen-bond donors (Lipinski definition) is 0. The zero-order valence-corrected chi connectivity index (χ0v) is 20.4. The summed E-state index contributed by atoms with van der Waals surface area (Å²) in [6.45, 7) is 2.25. The number of ether oxygens (including phenoxy) is 2. The minimum absolute atomic E-state index is 0.0876. The SMILES string of the molecule is COC(=O)/C=C/C1=C(C(=O)OC)C2(C(=O)N(Cc3ccccc3)c3ccc(F)cc32)N2C(C)CCC12. The normalized spacial score (nSPS) is 25.1. The van der Waals surface area contributed by atoms with Crippen molar-refractivity contribution in [2.45, 2.75) is 43.9 Å². The predicted octanol–water partition coefficient (Wildman–Crippen LogP) is 3.63. The smallest absolute Gasteiger partial charge is 0.336 e. The Bertz CT molecular complexity index is 1300. The minimum atomic E-state index is -1.57. The van der Waals surface area contributed by atoms with Crippen LogP contribution >= 0.6 is 0 Å². The largest absolute Gasteiger partial charge is 0.466 e. The molecule has 1 spiro atoms. The number of methoxy groups -OCH3 is 2. The van der Waals surface area contributed by atoms with E-state index < -0.39 is 23.3 Å². The molecule has 0 aromatic heterocycles. The van der Waals surface area contributed by atoms with Crippen molar-refractivity contribution in [3.05, 3.63) is 88.8 Å². The van der Waals surface area contributed by atoms with Gasteiger partial charge in [0, 0.05) is 23.7 Å². The van der Waals surface area contributed by atoms with Crippen LogP contribution in [0.3, 0.4) is 0 Å². The molecule has 1 fully saturated rings. The molecule has 8 heteroatoms. The van der Waals surface area contributed by atoms with Crippen LogP contribution in [0.2, 0.25) is 0 Å². The van der Waals surface area contributed by atoms with Gasteiger partial charge >= 0.3 is 11.9 Å². The first-order valence-corrected chi connectivity index (χ1v) is 11.9. The number of nitrogens with zero attached hydrogens (tertiary/aromatic N) is 2. The predicted molar refractivity (Wildman–Crippen MR) is 130 cm³/mol. The molecule has 3 aliphatic rings. The minimum Gasteiger partial charge on any atom is -0.466 e. The van der Waals surface area contributed by atoms with Crippen molar-refractivity contribution in [1.29, 1.82) is 0 Å². The number of carbonyl (C=O) groups is 3. The molecule has 2 aromatic carbocycles. The third-order valence-electron chi connectivity index (χ3n) is 7.43. The van der Waals surface area contributed by atoms with Crippen LogP contribution in [0, 0.1) is 5.82 Å². The molecule has 1 saturated heterocycles. The third kappa shape index (κ3) is 3.39. The lowest BCUT2D eigenvalue weighted by molar-refractivity contribution is -0.141. The first-order valence-electron chi connectivity index (χ1n) is 11.9. The second kappa shape index (κ2) is 9.02. The van der Waals surface area contributed by atoms with Crippen molar-refractivity contribution in [3.63, 3.8) is 0 Å². The third-order valence-corrected chi connectivity index (χ3v) is 7.43. The molecule has 3 heterocycles. The van der Waals surface area contributed by atoms with Crippen LogP contribution in [0.25, 0.3) is 0 Å². The van der Waals surface area contributed by atoms with Crippen molar-refractivity contribution < 1.29 is 28.2 Å². The van der Waals surface area contributed by atoms with Gasteiger partial charge in [0.25, 0.3) is 5.91 Å². The zero-order chi connectivity index (χ0) is 25.6. The van der Waals surface area contributed by atoms with E-state index in [9.17, 15) is 18.8 Å². The standard InChI is InChI=1S/C28H27FN2O5/c1-17-9-12-22-20(11-14-24(32)35-2)25(26(33)36-3)28(31(17)22)21-15-19(29)10-13-23(21)30(27(28)34)16-18-7-5-4-6-8-18/h4-8,10-11,13-15,17,22H,9,12,16H2,1-3H3/b14-11+. The van der Waals surface area contributed by atoms with Gasteiger partial charge < -0.3 is 14.4 Å². The van der Waals surface area contributed by atoms with Gasteiger partial charge in [-0.15, -0.1) is 0 Å². The molecule has 3 aliphatic heterocycles. The molecular weight excluding hydrogens is 463 g/mol. The van der Waals surface area contributed by atoms with Crippen LogP contribution in [0.4, 0.5) is 10.1 Å². The Kier molecular flexibility index (Phi) is 6.00. The van der Waals surface area contributed by atoms with E-state index in [4.69, 9.17) is 9.47 Å². The van der Waals surface area contributed by atoms with Crippen LogP contribution in [-0.2, 0) is 35.9 Å². The number of amides is 1. The van der Waals surface area contributed by atoms with Gasteiger partial charge in [-0.1, -0.05) is 30.3 Å². The van der Waals surface area contributed by atoms with Gasteiger partial charge in [-0.3, -0.25) is 9.69 Å². The van der Waals surface area contributed by atoms with E-state index in [0.717, 1.165) is 12.0 Å². The molecule has 0 N–H and O–H groups in total. The average Bonchev–Trinajstić information content (AvgIpc) is 3.48. The van der Waals surface area contributed by atoms with E-state index in [-0.39, 0.29) is 30.1 Å². The number of halogens is 1. The molecule has 2 aromatic rings. The van der Waals surface area contributed by atoms with Crippen LogP contribution in [0.1, 0.15) is 30.9 Å². The van der Waals surface area contributed by atoms with Crippen molar-refractivity contribution in [2.75, 3.05) is 19.1 Å². The summed E-state index contributed by atoms with van der Waals surface area (Å²) >= 11 is 0. The molecule has 0 bridgehead atoms. The Morgan fingerprint density at radius 2 is 1.86 bits per heavy atom. The van der Waals surface area contributed by atoms with Crippen LogP contribution in [-0.4, -0.2) is 49.0 Å². The number of rotatable bonds is 5. The van der Waals surface area contributed by atoms with E-state index in [0.29, 0.717) is 23.2 Å². The first-order chi connectivity index (χ1) is 17.3. The summed E-state index contributed by atoms with van der Waals surface area (Å²) in [6, 6.07) is 13.3. The zero-order valence-electron chi connectivity index (χ0n) is 20.4. The lowest BCUT2D eigenvalue weighted by Gasteiger charge is -2.38. The Labute approximate surface area is 208 Å². The van der Waals surface area contributed by atoms with Crippen LogP contribution < -0.4 is 4.90 Å². The summed E-state index contributed by atoms with van der Waals surface area (Å²) in [6.07, 6.45) is 4.22. The topological polar surface area (TPSA) is 76.2 Å². The van der Waals surface area contributed by atoms with Crippen molar-refractivity contribution in [3.8, 4) is 0 Å². The molecule has 7 nitrogen and oxygen atoms in total. The van der Waals surface area contributed by atoms with Gasteiger partial charge in [-0.05, 0) is 55.2 Å². The van der Waals surface area contributed by atoms with Gasteiger partial charge in [0.2, 0.25) is 0 Å². The Balaban J connectivity index is 1.78. The maximum absolute atomic E-state index is 14.8. The van der Waals surface area contributed by atoms with E-state index in [1.807, 2.05) is 42.2 Å². The van der Waals surface area contributed by atoms with Crippen LogP contribution in [0.5, 0.6) is 0 Å². The van der Waals surface area contributed by atoms with E-state index in [1.54, 1.807) is 11.0 Å². The van der Waals surface area contributed by atoms with Gasteiger partial charge in [0.15, 0.2) is 5.54 Å². The Morgan fingerprint density at radius 1 is 1.11 bits per heavy atom. The molecule has 0 aliphatic carbocycles. The molecule has 36 heavy (non-hydrogen) atoms. The summed E-state index contributed by atoms with van der Waals surface area (Å²) in [5.74, 6) is -2.12. The summed E-state index contributed by atoms with van der Waals surface area (Å²) in [5, 5.41) is 0.